The molecule has 0 spiro atoms. The van der Waals surface area contributed by atoms with Crippen molar-refractivity contribution in [1.29, 1.82) is 0 Å². The molecule has 156 valence electrons. The molecule has 1 heterocycles. The lowest BCUT2D eigenvalue weighted by Gasteiger charge is -2.14. The monoisotopic (exact) mass is 422 g/mol. The summed E-state index contributed by atoms with van der Waals surface area (Å²) in [6, 6.07) is 7.95. The second kappa shape index (κ2) is 7.81. The van der Waals surface area contributed by atoms with Crippen LogP contribution in [0.5, 0.6) is 0 Å². The molecule has 2 aromatic rings. The minimum absolute atomic E-state index is 0.224. The number of carbonyl (C=O) groups excluding carboxylic acids is 3. The van der Waals surface area contributed by atoms with Crippen molar-refractivity contribution in [3.63, 3.8) is 0 Å². The first kappa shape index (κ1) is 20.8. The maximum absolute atomic E-state index is 12.7. The molecule has 1 aliphatic heterocycles. The molecule has 9 nitrogen and oxygen atoms in total. The van der Waals surface area contributed by atoms with Crippen molar-refractivity contribution in [1.82, 2.24) is 10.3 Å². The van der Waals surface area contributed by atoms with Crippen molar-refractivity contribution in [2.24, 2.45) is 0 Å². The van der Waals surface area contributed by atoms with E-state index >= 15 is 0 Å². The second-order valence-corrected chi connectivity index (χ2v) is 6.22. The first-order valence-corrected chi connectivity index (χ1v) is 8.45. The molecule has 0 saturated carbocycles. The first-order valence-electron chi connectivity index (χ1n) is 8.45. The third-order valence-electron chi connectivity index (χ3n) is 4.30. The molecule has 12 heteroatoms. The molecule has 0 aromatic heterocycles. The van der Waals surface area contributed by atoms with Gasteiger partial charge in [-0.05, 0) is 24.3 Å². The third-order valence-corrected chi connectivity index (χ3v) is 4.30. The molecule has 30 heavy (non-hydrogen) atoms. The largest absolute Gasteiger partial charge is 0.416 e. The number of nitrogens with one attached hydrogen (secondary N) is 2. The van der Waals surface area contributed by atoms with E-state index in [0.29, 0.717) is 12.1 Å². The number of hydrogen-bond acceptors (Lipinski definition) is 6. The van der Waals surface area contributed by atoms with Gasteiger partial charge in [-0.3, -0.25) is 40.2 Å². The van der Waals surface area contributed by atoms with Gasteiger partial charge in [0.25, 0.3) is 17.5 Å². The van der Waals surface area contributed by atoms with Crippen LogP contribution < -0.4 is 10.9 Å². The molecular weight excluding hydrogens is 409 g/mol. The number of nitrogens with zero attached hydrogens (tertiary/aromatic N) is 2. The Morgan fingerprint density at radius 2 is 1.67 bits per heavy atom. The highest BCUT2D eigenvalue weighted by atomic mass is 19.4. The molecule has 0 radical (unpaired) electrons. The van der Waals surface area contributed by atoms with Gasteiger partial charge in [0.1, 0.15) is 5.69 Å². The van der Waals surface area contributed by atoms with Crippen LogP contribution in [0.25, 0.3) is 0 Å². The van der Waals surface area contributed by atoms with Crippen molar-refractivity contribution < 1.29 is 32.5 Å². The van der Waals surface area contributed by atoms with Crippen molar-refractivity contribution >= 4 is 29.1 Å². The molecular formula is C18H13F3N4O5. The number of hydrogen-bond donors (Lipinski definition) is 2. The number of rotatable bonds is 6. The average molecular weight is 422 g/mol. The number of alkyl halides is 3. The fourth-order valence-corrected chi connectivity index (χ4v) is 2.82. The van der Waals surface area contributed by atoms with Crippen LogP contribution in [0.15, 0.2) is 42.5 Å². The van der Waals surface area contributed by atoms with Gasteiger partial charge in [-0.1, -0.05) is 12.1 Å². The molecule has 0 unspecified atom stereocenters. The van der Waals surface area contributed by atoms with Gasteiger partial charge in [0.05, 0.1) is 21.6 Å². The number of nitro groups is 1. The fraction of sp³-hybridized carbons (Fsp3) is 0.167. The van der Waals surface area contributed by atoms with Crippen LogP contribution >= 0.6 is 0 Å². The Balaban J connectivity index is 1.61. The quantitative estimate of drug-likeness (QED) is 0.419. The zero-order chi connectivity index (χ0) is 22.1. The maximum Gasteiger partial charge on any atom is 0.416 e. The number of imide groups is 1. The van der Waals surface area contributed by atoms with Gasteiger partial charge in [0.15, 0.2) is 0 Å². The summed E-state index contributed by atoms with van der Waals surface area (Å²) in [5, 5.41) is 11.0. The number of benzene rings is 2. The Morgan fingerprint density at radius 3 is 2.20 bits per heavy atom. The number of halogens is 3. The second-order valence-electron chi connectivity index (χ2n) is 6.22. The zero-order valence-electron chi connectivity index (χ0n) is 15.0. The smallest absolute Gasteiger partial charge is 0.292 e. The highest BCUT2D eigenvalue weighted by molar-refractivity contribution is 6.21. The normalized spacial score (nSPS) is 13.2. The van der Waals surface area contributed by atoms with E-state index in [0.717, 1.165) is 11.0 Å². The Hall–Kier alpha value is -3.96. The highest BCUT2D eigenvalue weighted by Gasteiger charge is 2.35. The van der Waals surface area contributed by atoms with Gasteiger partial charge < -0.3 is 0 Å². The van der Waals surface area contributed by atoms with E-state index in [9.17, 15) is 37.7 Å². The zero-order valence-corrected chi connectivity index (χ0v) is 15.0. The Kier molecular flexibility index (Phi) is 5.41. The lowest BCUT2D eigenvalue weighted by molar-refractivity contribution is -0.384. The van der Waals surface area contributed by atoms with Gasteiger partial charge in [-0.25, -0.2) is 0 Å². The fourth-order valence-electron chi connectivity index (χ4n) is 2.82. The predicted molar refractivity (Wildman–Crippen MR) is 96.3 cm³/mol. The standard InChI is InChI=1S/C18H13F3N4O5/c19-18(20,21)10-5-6-13(14(9-10)25(29)30)22-23-15(26)7-8-24-16(27)11-3-1-2-4-12(11)17(24)28/h1-6,9,22H,7-8H2,(H,23,26). The van der Waals surface area contributed by atoms with Crippen LogP contribution in [0.1, 0.15) is 32.7 Å². The summed E-state index contributed by atoms with van der Waals surface area (Å²) in [6.07, 6.45) is -5.09. The molecule has 1 aliphatic rings. The minimum atomic E-state index is -4.76. The summed E-state index contributed by atoms with van der Waals surface area (Å²) < 4.78 is 38.1. The highest BCUT2D eigenvalue weighted by Crippen LogP contribution is 2.34. The van der Waals surface area contributed by atoms with Crippen molar-refractivity contribution in [2.45, 2.75) is 12.6 Å². The van der Waals surface area contributed by atoms with Gasteiger partial charge >= 0.3 is 6.18 Å². The Bertz CT molecular complexity index is 1020. The van der Waals surface area contributed by atoms with Crippen LogP contribution in [0.4, 0.5) is 24.5 Å². The van der Waals surface area contributed by atoms with Crippen LogP contribution in [0.3, 0.4) is 0 Å². The van der Waals surface area contributed by atoms with E-state index in [-0.39, 0.29) is 29.8 Å². The van der Waals surface area contributed by atoms with E-state index in [4.69, 9.17) is 0 Å². The molecule has 0 bridgehead atoms. The SMILES string of the molecule is O=C(CCN1C(=O)c2ccccc2C1=O)NNc1ccc(C(F)(F)F)cc1[N+](=O)[O-]. The number of hydrazine groups is 1. The van der Waals surface area contributed by atoms with Crippen LogP contribution in [-0.2, 0) is 11.0 Å². The summed E-state index contributed by atoms with van der Waals surface area (Å²) in [5.41, 5.74) is 2.29. The number of anilines is 1. The molecule has 0 atom stereocenters. The minimum Gasteiger partial charge on any atom is -0.292 e. The third kappa shape index (κ3) is 4.06. The predicted octanol–water partition coefficient (Wildman–Crippen LogP) is 2.74. The van der Waals surface area contributed by atoms with E-state index < -0.39 is 40.1 Å². The molecule has 0 aliphatic carbocycles. The topological polar surface area (TPSA) is 122 Å². The molecule has 0 fully saturated rings. The summed E-state index contributed by atoms with van der Waals surface area (Å²) in [7, 11) is 0. The van der Waals surface area contributed by atoms with Gasteiger partial charge in [0, 0.05) is 19.0 Å². The molecule has 3 amide bonds. The van der Waals surface area contributed by atoms with Crippen molar-refractivity contribution in [2.75, 3.05) is 12.0 Å². The van der Waals surface area contributed by atoms with E-state index in [1.165, 1.54) is 12.1 Å². The van der Waals surface area contributed by atoms with Crippen molar-refractivity contribution in [3.05, 3.63) is 69.3 Å². The molecule has 2 N–H and O–H groups in total. The summed E-state index contributed by atoms with van der Waals surface area (Å²) in [5.74, 6) is -1.83. The Morgan fingerprint density at radius 1 is 1.07 bits per heavy atom. The van der Waals surface area contributed by atoms with E-state index in [1.807, 2.05) is 0 Å². The maximum atomic E-state index is 12.7. The average Bonchev–Trinajstić information content (AvgIpc) is 2.94. The summed E-state index contributed by atoms with van der Waals surface area (Å²) in [4.78, 5) is 47.3. The van der Waals surface area contributed by atoms with Crippen LogP contribution in [0.2, 0.25) is 0 Å². The number of amides is 3. The van der Waals surface area contributed by atoms with Crippen LogP contribution in [-0.4, -0.2) is 34.1 Å². The van der Waals surface area contributed by atoms with Gasteiger partial charge in [0.2, 0.25) is 5.91 Å². The lowest BCUT2D eigenvalue weighted by atomic mass is 10.1. The van der Waals surface area contributed by atoms with E-state index in [1.54, 1.807) is 12.1 Å². The number of carbonyl (C=O) groups is 3. The number of fused-ring (bicyclic) bond motifs is 1. The summed E-state index contributed by atoms with van der Waals surface area (Å²) in [6.45, 7) is -0.241. The Labute approximate surface area is 166 Å². The lowest BCUT2D eigenvalue weighted by Crippen LogP contribution is -2.36. The van der Waals surface area contributed by atoms with Gasteiger partial charge in [-0.2, -0.15) is 13.2 Å². The molecule has 3 rings (SSSR count). The van der Waals surface area contributed by atoms with Crippen molar-refractivity contribution in [3.8, 4) is 0 Å². The molecule has 0 saturated heterocycles. The van der Waals surface area contributed by atoms with Crippen LogP contribution in [0, 0.1) is 10.1 Å². The number of nitro benzene ring substituents is 1. The molecule has 2 aromatic carbocycles. The van der Waals surface area contributed by atoms with E-state index in [2.05, 4.69) is 10.9 Å². The summed E-state index contributed by atoms with van der Waals surface area (Å²) >= 11 is 0. The first-order chi connectivity index (χ1) is 14.1. The van der Waals surface area contributed by atoms with Gasteiger partial charge in [-0.15, -0.1) is 0 Å².